The Balaban J connectivity index is 2.29. The van der Waals surface area contributed by atoms with E-state index in [2.05, 4.69) is 5.32 Å². The summed E-state index contributed by atoms with van der Waals surface area (Å²) < 4.78 is 38.9. The Morgan fingerprint density at radius 1 is 1.13 bits per heavy atom. The summed E-state index contributed by atoms with van der Waals surface area (Å²) in [7, 11) is 1.30. The van der Waals surface area contributed by atoms with Crippen molar-refractivity contribution < 1.29 is 27.4 Å². The fourth-order valence-electron chi connectivity index (χ4n) is 2.67. The molecule has 7 nitrogen and oxygen atoms in total. The second kappa shape index (κ2) is 6.27. The zero-order chi connectivity index (χ0) is 17.3. The minimum Gasteiger partial charge on any atom is -0.493 e. The van der Waals surface area contributed by atoms with Crippen LogP contribution in [0.1, 0.15) is 23.7 Å². The van der Waals surface area contributed by atoms with Gasteiger partial charge in [0.15, 0.2) is 21.3 Å². The van der Waals surface area contributed by atoms with Crippen molar-refractivity contribution in [1.29, 1.82) is 0 Å². The molecular weight excluding hydrogens is 322 g/mol. The molecule has 128 valence electrons. The van der Waals surface area contributed by atoms with Crippen molar-refractivity contribution in [3.05, 3.63) is 17.7 Å². The fourth-order valence-corrected chi connectivity index (χ4v) is 4.76. The van der Waals surface area contributed by atoms with E-state index in [4.69, 9.17) is 14.2 Å². The molecule has 1 aromatic rings. The van der Waals surface area contributed by atoms with Crippen LogP contribution in [0.4, 0.5) is 0 Å². The molecule has 1 fully saturated rings. The first-order valence-corrected chi connectivity index (χ1v) is 8.89. The summed E-state index contributed by atoms with van der Waals surface area (Å²) in [4.78, 5) is 12.5. The number of sulfone groups is 1. The van der Waals surface area contributed by atoms with Crippen molar-refractivity contribution in [3.63, 3.8) is 0 Å². The van der Waals surface area contributed by atoms with Crippen LogP contribution in [0.15, 0.2) is 12.1 Å². The van der Waals surface area contributed by atoms with E-state index in [0.717, 1.165) is 0 Å². The van der Waals surface area contributed by atoms with Crippen molar-refractivity contribution >= 4 is 15.7 Å². The zero-order valence-electron chi connectivity index (χ0n) is 13.6. The molecule has 1 unspecified atom stereocenters. The molecule has 0 aliphatic carbocycles. The van der Waals surface area contributed by atoms with Crippen LogP contribution >= 0.6 is 0 Å². The molecule has 1 aromatic carbocycles. The zero-order valence-corrected chi connectivity index (χ0v) is 14.5. The minimum atomic E-state index is -3.10. The number of amides is 1. The van der Waals surface area contributed by atoms with Gasteiger partial charge in [0.2, 0.25) is 5.75 Å². The predicted octanol–water partition coefficient (Wildman–Crippen LogP) is 1.02. The topological polar surface area (TPSA) is 90.9 Å². The van der Waals surface area contributed by atoms with E-state index < -0.39 is 15.4 Å². The highest BCUT2D eigenvalue weighted by Crippen LogP contribution is 2.38. The molecule has 1 aliphatic rings. The van der Waals surface area contributed by atoms with Gasteiger partial charge in [0.1, 0.15) is 0 Å². The van der Waals surface area contributed by atoms with E-state index in [0.29, 0.717) is 29.2 Å². The van der Waals surface area contributed by atoms with E-state index >= 15 is 0 Å². The average Bonchev–Trinajstić information content (AvgIpc) is 2.78. The first kappa shape index (κ1) is 17.4. The average molecular weight is 343 g/mol. The Hall–Kier alpha value is -1.96. The Bertz CT molecular complexity index is 690. The lowest BCUT2D eigenvalue weighted by molar-refractivity contribution is 0.0914. The Morgan fingerprint density at radius 2 is 1.70 bits per heavy atom. The third-order valence-electron chi connectivity index (χ3n) is 3.85. The van der Waals surface area contributed by atoms with Gasteiger partial charge in [-0.05, 0) is 25.5 Å². The van der Waals surface area contributed by atoms with Crippen LogP contribution < -0.4 is 19.5 Å². The highest BCUT2D eigenvalue weighted by atomic mass is 32.2. The van der Waals surface area contributed by atoms with Crippen molar-refractivity contribution in [2.24, 2.45) is 0 Å². The molecule has 0 bridgehead atoms. The van der Waals surface area contributed by atoms with Gasteiger partial charge in [-0.3, -0.25) is 4.79 Å². The maximum atomic E-state index is 12.5. The predicted molar refractivity (Wildman–Crippen MR) is 85.2 cm³/mol. The third kappa shape index (κ3) is 3.69. The summed E-state index contributed by atoms with van der Waals surface area (Å²) in [6, 6.07) is 3.06. The third-order valence-corrected chi connectivity index (χ3v) is 5.75. The van der Waals surface area contributed by atoms with Crippen molar-refractivity contribution in [1.82, 2.24) is 5.32 Å². The van der Waals surface area contributed by atoms with Gasteiger partial charge in [0, 0.05) is 5.56 Å². The second-order valence-electron chi connectivity index (χ2n) is 5.77. The largest absolute Gasteiger partial charge is 0.493 e. The highest BCUT2D eigenvalue weighted by molar-refractivity contribution is 7.91. The van der Waals surface area contributed by atoms with E-state index in [1.807, 2.05) is 0 Å². The summed E-state index contributed by atoms with van der Waals surface area (Å²) in [5.41, 5.74) is -0.457. The summed E-state index contributed by atoms with van der Waals surface area (Å²) in [5, 5.41) is 2.80. The van der Waals surface area contributed by atoms with Gasteiger partial charge >= 0.3 is 0 Å². The summed E-state index contributed by atoms with van der Waals surface area (Å²) in [6.07, 6.45) is 0.394. The molecule has 8 heteroatoms. The number of ether oxygens (including phenoxy) is 3. The number of carbonyl (C=O) groups is 1. The van der Waals surface area contributed by atoms with Gasteiger partial charge in [-0.15, -0.1) is 0 Å². The van der Waals surface area contributed by atoms with Crippen LogP contribution in [-0.2, 0) is 9.84 Å². The normalized spacial score (nSPS) is 22.4. The molecule has 23 heavy (non-hydrogen) atoms. The maximum Gasteiger partial charge on any atom is 0.252 e. The first-order chi connectivity index (χ1) is 10.7. The van der Waals surface area contributed by atoms with Gasteiger partial charge in [-0.25, -0.2) is 8.42 Å². The lowest BCUT2D eigenvalue weighted by Gasteiger charge is -2.24. The minimum absolute atomic E-state index is 0.0594. The van der Waals surface area contributed by atoms with Crippen LogP contribution in [0.5, 0.6) is 17.2 Å². The van der Waals surface area contributed by atoms with Gasteiger partial charge in [0.25, 0.3) is 5.91 Å². The lowest BCUT2D eigenvalue weighted by Crippen LogP contribution is -2.46. The van der Waals surface area contributed by atoms with Crippen LogP contribution in [0.2, 0.25) is 0 Å². The van der Waals surface area contributed by atoms with Crippen molar-refractivity contribution in [2.45, 2.75) is 18.9 Å². The number of benzene rings is 1. The van der Waals surface area contributed by atoms with Gasteiger partial charge in [-0.1, -0.05) is 0 Å². The Morgan fingerprint density at radius 3 is 2.09 bits per heavy atom. The Kier molecular flexibility index (Phi) is 4.74. The maximum absolute atomic E-state index is 12.5. The van der Waals surface area contributed by atoms with Crippen molar-refractivity contribution in [2.75, 3.05) is 32.8 Å². The standard InChI is InChI=1S/C15H21NO6S/c1-15(5-6-23(18,19)9-15)16-14(17)10-7-11(20-2)13(22-4)12(8-10)21-3/h7-8H,5-6,9H2,1-4H3,(H,16,17). The van der Waals surface area contributed by atoms with Gasteiger partial charge < -0.3 is 19.5 Å². The van der Waals surface area contributed by atoms with Crippen molar-refractivity contribution in [3.8, 4) is 17.2 Å². The van der Waals surface area contributed by atoms with Gasteiger partial charge in [-0.2, -0.15) is 0 Å². The summed E-state index contributed by atoms with van der Waals surface area (Å²) >= 11 is 0. The molecule has 1 heterocycles. The number of methoxy groups -OCH3 is 3. The van der Waals surface area contributed by atoms with E-state index in [9.17, 15) is 13.2 Å². The summed E-state index contributed by atoms with van der Waals surface area (Å²) in [5.74, 6) is 0.752. The SMILES string of the molecule is COc1cc(C(=O)NC2(C)CCS(=O)(=O)C2)cc(OC)c1OC. The quantitative estimate of drug-likeness (QED) is 0.858. The number of carbonyl (C=O) groups excluding carboxylic acids is 1. The smallest absolute Gasteiger partial charge is 0.252 e. The van der Waals surface area contributed by atoms with Crippen LogP contribution in [0.3, 0.4) is 0 Å². The molecule has 2 rings (SSSR count). The highest BCUT2D eigenvalue weighted by Gasteiger charge is 2.39. The van der Waals surface area contributed by atoms with Crippen LogP contribution in [0, 0.1) is 0 Å². The second-order valence-corrected chi connectivity index (χ2v) is 7.95. The fraction of sp³-hybridized carbons (Fsp3) is 0.533. The molecule has 0 aromatic heterocycles. The van der Waals surface area contributed by atoms with E-state index in [1.165, 1.54) is 33.5 Å². The lowest BCUT2D eigenvalue weighted by atomic mass is 10.0. The van der Waals surface area contributed by atoms with E-state index in [-0.39, 0.29) is 17.4 Å². The summed E-state index contributed by atoms with van der Waals surface area (Å²) in [6.45, 7) is 1.73. The molecule has 0 saturated carbocycles. The molecule has 1 amide bonds. The molecule has 0 spiro atoms. The number of nitrogens with one attached hydrogen (secondary N) is 1. The number of rotatable bonds is 5. The van der Waals surface area contributed by atoms with E-state index in [1.54, 1.807) is 6.92 Å². The molecule has 1 atom stereocenters. The molecule has 1 N–H and O–H groups in total. The van der Waals surface area contributed by atoms with Crippen LogP contribution in [0.25, 0.3) is 0 Å². The Labute approximate surface area is 135 Å². The first-order valence-electron chi connectivity index (χ1n) is 7.06. The number of hydrogen-bond acceptors (Lipinski definition) is 6. The van der Waals surface area contributed by atoms with Gasteiger partial charge in [0.05, 0.1) is 38.4 Å². The molecule has 0 radical (unpaired) electrons. The molecule has 1 saturated heterocycles. The number of hydrogen-bond donors (Lipinski definition) is 1. The molecular formula is C15H21NO6S. The monoisotopic (exact) mass is 343 g/mol. The van der Waals surface area contributed by atoms with Crippen LogP contribution in [-0.4, -0.2) is 52.7 Å². The molecule has 1 aliphatic heterocycles.